The summed E-state index contributed by atoms with van der Waals surface area (Å²) in [6, 6.07) is 11.2. The first kappa shape index (κ1) is 19.9. The fourth-order valence-corrected chi connectivity index (χ4v) is 2.74. The highest BCUT2D eigenvalue weighted by molar-refractivity contribution is 6.35. The number of aliphatic hydroxyl groups is 1. The standard InChI is InChI=1S/C19H23Cl2NO3/c1-2-24-19-10-14(12-22-8-3-9-23)4-7-18(19)25-13-15-5-6-16(20)11-17(15)21/h4-7,10-11,22-23H,2-3,8-9,12-13H2,1H3. The van der Waals surface area contributed by atoms with Crippen LogP contribution in [0.4, 0.5) is 0 Å². The molecule has 2 rings (SSSR count). The SMILES string of the molecule is CCOc1cc(CNCCCO)ccc1OCc1ccc(Cl)cc1Cl. The van der Waals surface area contributed by atoms with E-state index in [-0.39, 0.29) is 6.61 Å². The number of benzene rings is 2. The maximum atomic E-state index is 8.81. The zero-order valence-electron chi connectivity index (χ0n) is 14.2. The third-order valence-electron chi connectivity index (χ3n) is 3.55. The van der Waals surface area contributed by atoms with Crippen LogP contribution in [0.3, 0.4) is 0 Å². The number of rotatable bonds is 10. The van der Waals surface area contributed by atoms with Crippen molar-refractivity contribution in [2.24, 2.45) is 0 Å². The average Bonchev–Trinajstić information content (AvgIpc) is 2.59. The summed E-state index contributed by atoms with van der Waals surface area (Å²) in [6.45, 7) is 4.50. The summed E-state index contributed by atoms with van der Waals surface area (Å²) < 4.78 is 11.6. The van der Waals surface area contributed by atoms with Gasteiger partial charge in [-0.3, -0.25) is 0 Å². The van der Waals surface area contributed by atoms with Crippen molar-refractivity contribution >= 4 is 23.2 Å². The third-order valence-corrected chi connectivity index (χ3v) is 4.13. The largest absolute Gasteiger partial charge is 0.490 e. The fourth-order valence-electron chi connectivity index (χ4n) is 2.28. The molecule has 0 amide bonds. The van der Waals surface area contributed by atoms with Crippen molar-refractivity contribution in [3.8, 4) is 11.5 Å². The highest BCUT2D eigenvalue weighted by Gasteiger charge is 2.09. The second kappa shape index (κ2) is 10.5. The predicted octanol–water partition coefficient (Wildman–Crippen LogP) is 4.44. The van der Waals surface area contributed by atoms with Gasteiger partial charge in [0.2, 0.25) is 0 Å². The van der Waals surface area contributed by atoms with Crippen LogP contribution in [0, 0.1) is 0 Å². The number of nitrogens with one attached hydrogen (secondary N) is 1. The second-order valence-electron chi connectivity index (χ2n) is 5.49. The molecule has 0 spiro atoms. The number of aliphatic hydroxyl groups excluding tert-OH is 1. The molecular weight excluding hydrogens is 361 g/mol. The van der Waals surface area contributed by atoms with E-state index in [4.69, 9.17) is 37.8 Å². The molecule has 2 aromatic carbocycles. The van der Waals surface area contributed by atoms with E-state index in [1.165, 1.54) is 0 Å². The molecular formula is C19H23Cl2NO3. The van der Waals surface area contributed by atoms with Crippen molar-refractivity contribution in [2.45, 2.75) is 26.5 Å². The molecule has 0 bridgehead atoms. The van der Waals surface area contributed by atoms with Crippen molar-refractivity contribution < 1.29 is 14.6 Å². The maximum absolute atomic E-state index is 8.81. The van der Waals surface area contributed by atoms with Crippen LogP contribution in [0.2, 0.25) is 10.0 Å². The summed E-state index contributed by atoms with van der Waals surface area (Å²) in [5.41, 5.74) is 1.96. The summed E-state index contributed by atoms with van der Waals surface area (Å²) in [5, 5.41) is 13.3. The lowest BCUT2D eigenvalue weighted by Gasteiger charge is -2.14. The van der Waals surface area contributed by atoms with E-state index in [0.29, 0.717) is 41.3 Å². The summed E-state index contributed by atoms with van der Waals surface area (Å²) in [6.07, 6.45) is 0.737. The van der Waals surface area contributed by atoms with Crippen molar-refractivity contribution in [3.05, 3.63) is 57.6 Å². The highest BCUT2D eigenvalue weighted by Crippen LogP contribution is 2.30. The Morgan fingerprint density at radius 1 is 1.04 bits per heavy atom. The first-order valence-corrected chi connectivity index (χ1v) is 9.03. The molecule has 4 nitrogen and oxygen atoms in total. The number of hydrogen-bond acceptors (Lipinski definition) is 4. The molecule has 0 aliphatic carbocycles. The predicted molar refractivity (Wildman–Crippen MR) is 102 cm³/mol. The van der Waals surface area contributed by atoms with Gasteiger partial charge in [0.05, 0.1) is 6.61 Å². The molecule has 2 aromatic rings. The summed E-state index contributed by atoms with van der Waals surface area (Å²) in [5.74, 6) is 1.38. The first-order chi connectivity index (χ1) is 12.1. The molecule has 0 unspecified atom stereocenters. The highest BCUT2D eigenvalue weighted by atomic mass is 35.5. The molecule has 0 radical (unpaired) electrons. The van der Waals surface area contributed by atoms with Crippen LogP contribution >= 0.6 is 23.2 Å². The Labute approximate surface area is 158 Å². The number of ether oxygens (including phenoxy) is 2. The Bertz CT molecular complexity index is 680. The van der Waals surface area contributed by atoms with E-state index in [0.717, 1.165) is 24.1 Å². The van der Waals surface area contributed by atoms with Gasteiger partial charge < -0.3 is 19.9 Å². The first-order valence-electron chi connectivity index (χ1n) is 8.28. The topological polar surface area (TPSA) is 50.7 Å². The molecule has 0 heterocycles. The van der Waals surface area contributed by atoms with Gasteiger partial charge in [-0.05, 0) is 49.7 Å². The number of halogens is 2. The molecule has 0 aromatic heterocycles. The minimum atomic E-state index is 0.192. The van der Waals surface area contributed by atoms with Crippen molar-refractivity contribution in [3.63, 3.8) is 0 Å². The zero-order valence-corrected chi connectivity index (χ0v) is 15.7. The van der Waals surface area contributed by atoms with E-state index in [1.807, 2.05) is 31.2 Å². The molecule has 6 heteroatoms. The molecule has 0 aliphatic heterocycles. The Kier molecular flexibility index (Phi) is 8.35. The van der Waals surface area contributed by atoms with E-state index in [9.17, 15) is 0 Å². The second-order valence-corrected chi connectivity index (χ2v) is 6.34. The van der Waals surface area contributed by atoms with E-state index >= 15 is 0 Å². The van der Waals surface area contributed by atoms with Gasteiger partial charge in [-0.2, -0.15) is 0 Å². The van der Waals surface area contributed by atoms with Gasteiger partial charge >= 0.3 is 0 Å². The van der Waals surface area contributed by atoms with Crippen LogP contribution in [0.1, 0.15) is 24.5 Å². The van der Waals surface area contributed by atoms with Gasteiger partial charge in [0.15, 0.2) is 11.5 Å². The lowest BCUT2D eigenvalue weighted by molar-refractivity contribution is 0.269. The zero-order chi connectivity index (χ0) is 18.1. The third kappa shape index (κ3) is 6.40. The number of hydrogen-bond donors (Lipinski definition) is 2. The quantitative estimate of drug-likeness (QED) is 0.595. The minimum absolute atomic E-state index is 0.192. The normalized spacial score (nSPS) is 10.7. The lowest BCUT2D eigenvalue weighted by Crippen LogP contribution is -2.15. The van der Waals surface area contributed by atoms with Crippen molar-refractivity contribution in [1.29, 1.82) is 0 Å². The lowest BCUT2D eigenvalue weighted by atomic mass is 10.2. The van der Waals surface area contributed by atoms with Gasteiger partial charge in [0, 0.05) is 28.8 Å². The summed E-state index contributed by atoms with van der Waals surface area (Å²) in [4.78, 5) is 0. The molecule has 2 N–H and O–H groups in total. The Morgan fingerprint density at radius 3 is 2.60 bits per heavy atom. The Morgan fingerprint density at radius 2 is 1.88 bits per heavy atom. The van der Waals surface area contributed by atoms with Crippen molar-refractivity contribution in [2.75, 3.05) is 19.8 Å². The average molecular weight is 384 g/mol. The molecule has 0 aliphatic rings. The smallest absolute Gasteiger partial charge is 0.161 e. The molecule has 136 valence electrons. The van der Waals surface area contributed by atoms with Crippen LogP contribution in [0.15, 0.2) is 36.4 Å². The minimum Gasteiger partial charge on any atom is -0.490 e. The molecule has 25 heavy (non-hydrogen) atoms. The Hall–Kier alpha value is -1.46. The summed E-state index contributed by atoms with van der Waals surface area (Å²) >= 11 is 12.1. The van der Waals surface area contributed by atoms with Gasteiger partial charge in [-0.15, -0.1) is 0 Å². The van der Waals surface area contributed by atoms with Gasteiger partial charge in [0.1, 0.15) is 6.61 Å². The van der Waals surface area contributed by atoms with Crippen LogP contribution in [0.5, 0.6) is 11.5 Å². The van der Waals surface area contributed by atoms with Crippen LogP contribution in [-0.2, 0) is 13.2 Å². The molecule has 0 saturated heterocycles. The summed E-state index contributed by atoms with van der Waals surface area (Å²) in [7, 11) is 0. The monoisotopic (exact) mass is 383 g/mol. The molecule has 0 saturated carbocycles. The fraction of sp³-hybridized carbons (Fsp3) is 0.368. The van der Waals surface area contributed by atoms with Crippen molar-refractivity contribution in [1.82, 2.24) is 5.32 Å². The van der Waals surface area contributed by atoms with Gasteiger partial charge in [-0.25, -0.2) is 0 Å². The molecule has 0 fully saturated rings. The van der Waals surface area contributed by atoms with Gasteiger partial charge in [-0.1, -0.05) is 35.3 Å². The maximum Gasteiger partial charge on any atom is 0.161 e. The van der Waals surface area contributed by atoms with Crippen LogP contribution < -0.4 is 14.8 Å². The van der Waals surface area contributed by atoms with E-state index < -0.39 is 0 Å². The van der Waals surface area contributed by atoms with Crippen LogP contribution in [0.25, 0.3) is 0 Å². The Balaban J connectivity index is 2.03. The van der Waals surface area contributed by atoms with E-state index in [2.05, 4.69) is 5.32 Å². The van der Waals surface area contributed by atoms with E-state index in [1.54, 1.807) is 12.1 Å². The van der Waals surface area contributed by atoms with Crippen LogP contribution in [-0.4, -0.2) is 24.9 Å². The molecule has 0 atom stereocenters. The van der Waals surface area contributed by atoms with Gasteiger partial charge in [0.25, 0.3) is 0 Å².